The second-order valence-corrected chi connectivity index (χ2v) is 4.41. The summed E-state index contributed by atoms with van der Waals surface area (Å²) in [5.41, 5.74) is 1.77. The van der Waals surface area contributed by atoms with Crippen molar-refractivity contribution in [2.24, 2.45) is 0 Å². The molecule has 98 valence electrons. The molecule has 0 aliphatic rings. The van der Waals surface area contributed by atoms with Crippen LogP contribution in [0.3, 0.4) is 0 Å². The molecule has 4 heteroatoms. The number of carboxylic acids is 1. The molecule has 0 aromatic heterocycles. The topological polar surface area (TPSA) is 37.3 Å². The van der Waals surface area contributed by atoms with E-state index in [2.05, 4.69) is 0 Å². The Morgan fingerprint density at radius 3 is 2.32 bits per heavy atom. The number of rotatable bonds is 2. The van der Waals surface area contributed by atoms with E-state index in [0.29, 0.717) is 22.3 Å². The number of aromatic carboxylic acids is 1. The fourth-order valence-corrected chi connectivity index (χ4v) is 2.10. The van der Waals surface area contributed by atoms with Crippen LogP contribution in [0.25, 0.3) is 11.1 Å². The van der Waals surface area contributed by atoms with E-state index in [4.69, 9.17) is 5.11 Å². The van der Waals surface area contributed by atoms with Crippen molar-refractivity contribution < 1.29 is 18.7 Å². The molecule has 0 aliphatic carbocycles. The zero-order valence-electron chi connectivity index (χ0n) is 10.5. The van der Waals surface area contributed by atoms with E-state index in [1.165, 1.54) is 18.2 Å². The molecular weight excluding hydrogens is 250 g/mol. The van der Waals surface area contributed by atoms with E-state index < -0.39 is 11.8 Å². The quantitative estimate of drug-likeness (QED) is 0.889. The van der Waals surface area contributed by atoms with Crippen LogP contribution < -0.4 is 0 Å². The maximum atomic E-state index is 13.3. The monoisotopic (exact) mass is 262 g/mol. The lowest BCUT2D eigenvalue weighted by molar-refractivity contribution is 0.0697. The number of hydrogen-bond donors (Lipinski definition) is 1. The highest BCUT2D eigenvalue weighted by molar-refractivity contribution is 5.97. The summed E-state index contributed by atoms with van der Waals surface area (Å²) >= 11 is 0. The summed E-state index contributed by atoms with van der Waals surface area (Å²) < 4.78 is 26.6. The molecular formula is C15H12F2O2. The third kappa shape index (κ3) is 2.47. The summed E-state index contributed by atoms with van der Waals surface area (Å²) in [7, 11) is 0. The van der Waals surface area contributed by atoms with Crippen molar-refractivity contribution in [2.75, 3.05) is 0 Å². The average molecular weight is 262 g/mol. The fourth-order valence-electron chi connectivity index (χ4n) is 2.10. The van der Waals surface area contributed by atoms with Crippen LogP contribution in [-0.4, -0.2) is 11.1 Å². The van der Waals surface area contributed by atoms with Crippen molar-refractivity contribution in [1.82, 2.24) is 0 Å². The van der Waals surface area contributed by atoms with Crippen LogP contribution in [0, 0.1) is 25.5 Å². The fraction of sp³-hybridized carbons (Fsp3) is 0.133. The van der Waals surface area contributed by atoms with Crippen molar-refractivity contribution >= 4 is 5.97 Å². The minimum atomic E-state index is -1.21. The molecule has 2 rings (SSSR count). The van der Waals surface area contributed by atoms with E-state index in [1.54, 1.807) is 19.9 Å². The van der Waals surface area contributed by atoms with E-state index in [-0.39, 0.29) is 11.4 Å². The first-order valence-corrected chi connectivity index (χ1v) is 5.70. The third-order valence-corrected chi connectivity index (χ3v) is 2.98. The van der Waals surface area contributed by atoms with Crippen LogP contribution in [0.5, 0.6) is 0 Å². The van der Waals surface area contributed by atoms with Crippen LogP contribution in [0.2, 0.25) is 0 Å². The second-order valence-electron chi connectivity index (χ2n) is 4.41. The van der Waals surface area contributed by atoms with Crippen molar-refractivity contribution in [3.05, 3.63) is 58.7 Å². The molecule has 0 spiro atoms. The molecule has 0 atom stereocenters. The number of halogens is 2. The smallest absolute Gasteiger partial charge is 0.336 e. The molecule has 0 fully saturated rings. The Morgan fingerprint density at radius 1 is 1.05 bits per heavy atom. The summed E-state index contributed by atoms with van der Waals surface area (Å²) in [5, 5.41) is 9.16. The highest BCUT2D eigenvalue weighted by atomic mass is 19.1. The molecule has 1 N–H and O–H groups in total. The number of aryl methyl sites for hydroxylation is 2. The molecule has 2 aromatic rings. The average Bonchev–Trinajstić information content (AvgIpc) is 2.32. The Bertz CT molecular complexity index is 663. The van der Waals surface area contributed by atoms with Gasteiger partial charge in [0.2, 0.25) is 0 Å². The first kappa shape index (κ1) is 13.2. The first-order chi connectivity index (χ1) is 8.90. The summed E-state index contributed by atoms with van der Waals surface area (Å²) in [6.45, 7) is 3.22. The molecule has 0 radical (unpaired) electrons. The molecule has 0 unspecified atom stereocenters. The molecule has 0 saturated carbocycles. The molecule has 0 bridgehead atoms. The van der Waals surface area contributed by atoms with E-state index in [1.807, 2.05) is 0 Å². The summed E-state index contributed by atoms with van der Waals surface area (Å²) in [6, 6.07) is 6.57. The molecule has 0 saturated heterocycles. The minimum absolute atomic E-state index is 0.122. The van der Waals surface area contributed by atoms with Crippen LogP contribution in [0.1, 0.15) is 21.5 Å². The summed E-state index contributed by atoms with van der Waals surface area (Å²) in [5.74, 6) is -2.17. The third-order valence-electron chi connectivity index (χ3n) is 2.98. The molecule has 0 amide bonds. The highest BCUT2D eigenvalue weighted by Crippen LogP contribution is 2.29. The minimum Gasteiger partial charge on any atom is -0.478 e. The van der Waals surface area contributed by atoms with Gasteiger partial charge in [0, 0.05) is 0 Å². The lowest BCUT2D eigenvalue weighted by Crippen LogP contribution is -2.03. The maximum absolute atomic E-state index is 13.3. The lowest BCUT2D eigenvalue weighted by Gasteiger charge is -2.11. The Hall–Kier alpha value is -2.23. The largest absolute Gasteiger partial charge is 0.478 e. The van der Waals surface area contributed by atoms with Gasteiger partial charge in [0.1, 0.15) is 11.6 Å². The van der Waals surface area contributed by atoms with Gasteiger partial charge >= 0.3 is 5.97 Å². The van der Waals surface area contributed by atoms with Gasteiger partial charge in [-0.3, -0.25) is 0 Å². The van der Waals surface area contributed by atoms with E-state index in [0.717, 1.165) is 6.07 Å². The van der Waals surface area contributed by atoms with E-state index in [9.17, 15) is 13.6 Å². The highest BCUT2D eigenvalue weighted by Gasteiger charge is 2.16. The van der Waals surface area contributed by atoms with Crippen LogP contribution in [0.4, 0.5) is 8.78 Å². The Kier molecular flexibility index (Phi) is 3.34. The summed E-state index contributed by atoms with van der Waals surface area (Å²) in [4.78, 5) is 11.2. The van der Waals surface area contributed by atoms with Crippen LogP contribution in [-0.2, 0) is 0 Å². The first-order valence-electron chi connectivity index (χ1n) is 5.70. The predicted molar refractivity (Wildman–Crippen MR) is 68.2 cm³/mol. The summed E-state index contributed by atoms with van der Waals surface area (Å²) in [6.07, 6.45) is 0. The van der Waals surface area contributed by atoms with Crippen molar-refractivity contribution in [2.45, 2.75) is 13.8 Å². The standard InChI is InChI=1S/C15H12F2O2/c1-8-5-10(3-4-13(8)17)14-9(2)6-11(16)7-12(14)15(18)19/h3-7H,1-2H3,(H,18,19). The Balaban J connectivity index is 2.73. The van der Waals surface area contributed by atoms with Gasteiger partial charge in [-0.2, -0.15) is 0 Å². The molecule has 19 heavy (non-hydrogen) atoms. The number of carbonyl (C=O) groups is 1. The maximum Gasteiger partial charge on any atom is 0.336 e. The molecule has 2 aromatic carbocycles. The van der Waals surface area contributed by atoms with Crippen LogP contribution >= 0.6 is 0 Å². The van der Waals surface area contributed by atoms with Gasteiger partial charge in [0.05, 0.1) is 5.56 Å². The number of benzene rings is 2. The van der Waals surface area contributed by atoms with Crippen LogP contribution in [0.15, 0.2) is 30.3 Å². The molecule has 0 aliphatic heterocycles. The lowest BCUT2D eigenvalue weighted by atomic mass is 9.94. The Morgan fingerprint density at radius 2 is 1.74 bits per heavy atom. The van der Waals surface area contributed by atoms with Crippen molar-refractivity contribution in [1.29, 1.82) is 0 Å². The van der Waals surface area contributed by atoms with Crippen molar-refractivity contribution in [3.63, 3.8) is 0 Å². The Labute approximate surface area is 109 Å². The predicted octanol–water partition coefficient (Wildman–Crippen LogP) is 3.95. The van der Waals surface area contributed by atoms with Gasteiger partial charge in [-0.1, -0.05) is 6.07 Å². The van der Waals surface area contributed by atoms with Gasteiger partial charge in [-0.25, -0.2) is 13.6 Å². The van der Waals surface area contributed by atoms with Gasteiger partial charge in [0.25, 0.3) is 0 Å². The van der Waals surface area contributed by atoms with Gasteiger partial charge in [-0.05, 0) is 60.4 Å². The molecule has 0 heterocycles. The number of carboxylic acid groups (broad SMARTS) is 1. The second kappa shape index (κ2) is 4.80. The zero-order chi connectivity index (χ0) is 14.2. The number of hydrogen-bond acceptors (Lipinski definition) is 1. The van der Waals surface area contributed by atoms with Gasteiger partial charge in [0.15, 0.2) is 0 Å². The van der Waals surface area contributed by atoms with Gasteiger partial charge < -0.3 is 5.11 Å². The van der Waals surface area contributed by atoms with E-state index >= 15 is 0 Å². The van der Waals surface area contributed by atoms with Crippen molar-refractivity contribution in [3.8, 4) is 11.1 Å². The van der Waals surface area contributed by atoms with Gasteiger partial charge in [-0.15, -0.1) is 0 Å². The molecule has 2 nitrogen and oxygen atoms in total. The SMILES string of the molecule is Cc1cc(-c2c(C)cc(F)cc2C(=O)O)ccc1F. The normalized spacial score (nSPS) is 10.5. The zero-order valence-corrected chi connectivity index (χ0v) is 10.5.